The largest absolute Gasteiger partial charge is 0.469 e. The molecule has 2 rings (SSSR count). The van der Waals surface area contributed by atoms with Crippen LogP contribution in [0.3, 0.4) is 0 Å². The molecule has 2 aromatic rings. The molecule has 0 saturated carbocycles. The van der Waals surface area contributed by atoms with Gasteiger partial charge in [0.15, 0.2) is 0 Å². The Morgan fingerprint density at radius 1 is 1.30 bits per heavy atom. The fourth-order valence-electron chi connectivity index (χ4n) is 2.18. The second-order valence-corrected chi connectivity index (χ2v) is 4.82. The van der Waals surface area contributed by atoms with Crippen LogP contribution in [0.1, 0.15) is 35.0 Å². The number of carbonyl (C=O) groups excluding carboxylic acids is 1. The first-order valence-electron chi connectivity index (χ1n) is 6.80. The second kappa shape index (κ2) is 6.28. The molecule has 0 saturated heterocycles. The van der Waals surface area contributed by atoms with Gasteiger partial charge in [-0.25, -0.2) is 0 Å². The van der Waals surface area contributed by atoms with Gasteiger partial charge in [0.25, 0.3) is 5.91 Å². The van der Waals surface area contributed by atoms with Crippen molar-refractivity contribution in [3.05, 3.63) is 53.5 Å². The smallest absolute Gasteiger partial charge is 0.257 e. The Hall–Kier alpha value is -2.23. The maximum atomic E-state index is 12.6. The average molecular weight is 272 g/mol. The molecule has 106 valence electrons. The Morgan fingerprint density at radius 3 is 2.65 bits per heavy atom. The summed E-state index contributed by atoms with van der Waals surface area (Å²) in [5, 5.41) is 0. The number of aryl methyl sites for hydroxylation is 1. The number of hydrogen-bond acceptors (Lipinski definition) is 3. The number of rotatable bonds is 5. The van der Waals surface area contributed by atoms with Crippen LogP contribution in [0.25, 0.3) is 0 Å². The quantitative estimate of drug-likeness (QED) is 0.850. The standard InChI is InChI=1S/C16H20N2O2/c1-3-9-18(11-13-6-4-5-7-15(13)17)16(19)14-8-10-20-12(14)2/h4-8,10H,3,9,11,17H2,1-2H3. The summed E-state index contributed by atoms with van der Waals surface area (Å²) in [4.78, 5) is 14.4. The second-order valence-electron chi connectivity index (χ2n) is 4.82. The van der Waals surface area contributed by atoms with Gasteiger partial charge >= 0.3 is 0 Å². The molecule has 0 bridgehead atoms. The lowest BCUT2D eigenvalue weighted by Gasteiger charge is -2.22. The molecule has 1 aromatic heterocycles. The molecule has 0 fully saturated rings. The predicted octanol–water partition coefficient (Wildman–Crippen LogP) is 3.22. The van der Waals surface area contributed by atoms with E-state index >= 15 is 0 Å². The minimum absolute atomic E-state index is 0.0126. The minimum Gasteiger partial charge on any atom is -0.469 e. The molecule has 1 amide bonds. The highest BCUT2D eigenvalue weighted by molar-refractivity contribution is 5.95. The van der Waals surface area contributed by atoms with Gasteiger partial charge in [0.1, 0.15) is 5.76 Å². The van der Waals surface area contributed by atoms with Gasteiger partial charge in [0.2, 0.25) is 0 Å². The van der Waals surface area contributed by atoms with Crippen molar-refractivity contribution in [2.75, 3.05) is 12.3 Å². The van der Waals surface area contributed by atoms with Gasteiger partial charge in [-0.2, -0.15) is 0 Å². The van der Waals surface area contributed by atoms with Crippen molar-refractivity contribution in [2.45, 2.75) is 26.8 Å². The molecule has 4 heteroatoms. The van der Waals surface area contributed by atoms with Crippen molar-refractivity contribution in [2.24, 2.45) is 0 Å². The van der Waals surface area contributed by atoms with Crippen LogP contribution in [0.5, 0.6) is 0 Å². The molecule has 1 heterocycles. The lowest BCUT2D eigenvalue weighted by Crippen LogP contribution is -2.31. The molecule has 0 aliphatic rings. The highest BCUT2D eigenvalue weighted by atomic mass is 16.3. The van der Waals surface area contributed by atoms with Crippen LogP contribution in [0.2, 0.25) is 0 Å². The Kier molecular flexibility index (Phi) is 4.45. The van der Waals surface area contributed by atoms with Gasteiger partial charge in [0, 0.05) is 18.8 Å². The van der Waals surface area contributed by atoms with Crippen molar-refractivity contribution in [1.82, 2.24) is 4.90 Å². The first-order valence-corrected chi connectivity index (χ1v) is 6.80. The van der Waals surface area contributed by atoms with Crippen LogP contribution >= 0.6 is 0 Å². The first kappa shape index (κ1) is 14.2. The number of hydrogen-bond donors (Lipinski definition) is 1. The third-order valence-electron chi connectivity index (χ3n) is 3.29. The van der Waals surface area contributed by atoms with E-state index in [4.69, 9.17) is 10.2 Å². The molecule has 0 unspecified atom stereocenters. The Balaban J connectivity index is 2.21. The summed E-state index contributed by atoms with van der Waals surface area (Å²) in [6.45, 7) is 5.06. The summed E-state index contributed by atoms with van der Waals surface area (Å²) >= 11 is 0. The molecule has 0 spiro atoms. The molecule has 20 heavy (non-hydrogen) atoms. The summed E-state index contributed by atoms with van der Waals surface area (Å²) in [6, 6.07) is 9.35. The zero-order valence-corrected chi connectivity index (χ0v) is 11.9. The van der Waals surface area contributed by atoms with E-state index in [9.17, 15) is 4.79 Å². The SMILES string of the molecule is CCCN(Cc1ccccc1N)C(=O)c1ccoc1C. The molecule has 1 aromatic carbocycles. The maximum Gasteiger partial charge on any atom is 0.257 e. The van der Waals surface area contributed by atoms with Crippen molar-refractivity contribution < 1.29 is 9.21 Å². The molecule has 0 radical (unpaired) electrons. The lowest BCUT2D eigenvalue weighted by molar-refractivity contribution is 0.0742. The van der Waals surface area contributed by atoms with Crippen LogP contribution in [-0.2, 0) is 6.54 Å². The van der Waals surface area contributed by atoms with Crippen molar-refractivity contribution in [1.29, 1.82) is 0 Å². The van der Waals surface area contributed by atoms with Gasteiger partial charge in [-0.15, -0.1) is 0 Å². The molecular formula is C16H20N2O2. The zero-order valence-electron chi connectivity index (χ0n) is 11.9. The van der Waals surface area contributed by atoms with Crippen molar-refractivity contribution >= 4 is 11.6 Å². The summed E-state index contributed by atoms with van der Waals surface area (Å²) < 4.78 is 5.22. The number of anilines is 1. The fraction of sp³-hybridized carbons (Fsp3) is 0.312. The number of nitrogen functional groups attached to an aromatic ring is 1. The Labute approximate surface area is 119 Å². The fourth-order valence-corrected chi connectivity index (χ4v) is 2.18. The molecular weight excluding hydrogens is 252 g/mol. The summed E-state index contributed by atoms with van der Waals surface area (Å²) in [7, 11) is 0. The van der Waals surface area contributed by atoms with E-state index in [-0.39, 0.29) is 5.91 Å². The van der Waals surface area contributed by atoms with E-state index in [1.54, 1.807) is 19.3 Å². The van der Waals surface area contributed by atoms with E-state index in [0.717, 1.165) is 12.0 Å². The van der Waals surface area contributed by atoms with E-state index in [2.05, 4.69) is 6.92 Å². The van der Waals surface area contributed by atoms with E-state index < -0.39 is 0 Å². The monoisotopic (exact) mass is 272 g/mol. The molecule has 0 aliphatic carbocycles. The van der Waals surface area contributed by atoms with Gasteiger partial charge in [-0.3, -0.25) is 4.79 Å². The number of furan rings is 1. The zero-order chi connectivity index (χ0) is 14.5. The highest BCUT2D eigenvalue weighted by Gasteiger charge is 2.19. The highest BCUT2D eigenvalue weighted by Crippen LogP contribution is 2.18. The van der Waals surface area contributed by atoms with Crippen LogP contribution in [0.4, 0.5) is 5.69 Å². The summed E-state index contributed by atoms with van der Waals surface area (Å²) in [5.74, 6) is 0.637. The maximum absolute atomic E-state index is 12.6. The van der Waals surface area contributed by atoms with E-state index in [1.807, 2.05) is 29.2 Å². The van der Waals surface area contributed by atoms with Crippen LogP contribution < -0.4 is 5.73 Å². The van der Waals surface area contributed by atoms with Gasteiger partial charge in [-0.1, -0.05) is 25.1 Å². The minimum atomic E-state index is -0.0126. The molecule has 0 aliphatic heterocycles. The number of amides is 1. The van der Waals surface area contributed by atoms with Crippen LogP contribution in [-0.4, -0.2) is 17.4 Å². The third-order valence-corrected chi connectivity index (χ3v) is 3.29. The van der Waals surface area contributed by atoms with E-state index in [1.165, 1.54) is 0 Å². The Bertz CT molecular complexity index is 590. The summed E-state index contributed by atoms with van der Waals surface area (Å²) in [6.07, 6.45) is 2.44. The van der Waals surface area contributed by atoms with Crippen molar-refractivity contribution in [3.63, 3.8) is 0 Å². The molecule has 4 nitrogen and oxygen atoms in total. The predicted molar refractivity (Wildman–Crippen MR) is 79.3 cm³/mol. The normalized spacial score (nSPS) is 10.5. The van der Waals surface area contributed by atoms with Gasteiger partial charge in [0.05, 0.1) is 11.8 Å². The third kappa shape index (κ3) is 3.02. The van der Waals surface area contributed by atoms with Gasteiger partial charge in [-0.05, 0) is 31.0 Å². The topological polar surface area (TPSA) is 59.5 Å². The van der Waals surface area contributed by atoms with E-state index in [0.29, 0.717) is 30.1 Å². The lowest BCUT2D eigenvalue weighted by atomic mass is 10.1. The number of nitrogens with zero attached hydrogens (tertiary/aromatic N) is 1. The number of nitrogens with two attached hydrogens (primary N) is 1. The Morgan fingerprint density at radius 2 is 2.05 bits per heavy atom. The van der Waals surface area contributed by atoms with Gasteiger partial charge < -0.3 is 15.1 Å². The number of para-hydroxylation sites is 1. The number of carbonyl (C=O) groups is 1. The average Bonchev–Trinajstić information content (AvgIpc) is 2.86. The number of benzene rings is 1. The summed E-state index contributed by atoms with van der Waals surface area (Å²) in [5.41, 5.74) is 8.26. The van der Waals surface area contributed by atoms with Crippen molar-refractivity contribution in [3.8, 4) is 0 Å². The van der Waals surface area contributed by atoms with Crippen LogP contribution in [0.15, 0.2) is 41.0 Å². The molecule has 0 atom stereocenters. The first-order chi connectivity index (χ1) is 9.63. The molecule has 2 N–H and O–H groups in total. The van der Waals surface area contributed by atoms with Crippen LogP contribution in [0, 0.1) is 6.92 Å².